The SMILES string of the molecule is CC(C)(C)CC(=O)Nc1ncccn1. The standard InChI is InChI=1S/C10H15N3O/c1-10(2,3)7-8(14)13-9-11-5-4-6-12-9/h4-6H,7H2,1-3H3,(H,11,12,13,14). The summed E-state index contributed by atoms with van der Waals surface area (Å²) >= 11 is 0. The molecular weight excluding hydrogens is 178 g/mol. The fourth-order valence-corrected chi connectivity index (χ4v) is 1.01. The second-order valence-electron chi connectivity index (χ2n) is 4.36. The molecule has 0 bridgehead atoms. The van der Waals surface area contributed by atoms with Crippen LogP contribution in [0.1, 0.15) is 27.2 Å². The molecule has 0 atom stereocenters. The molecule has 1 aromatic rings. The monoisotopic (exact) mass is 193 g/mol. The van der Waals surface area contributed by atoms with Crippen LogP contribution in [0.15, 0.2) is 18.5 Å². The lowest BCUT2D eigenvalue weighted by Crippen LogP contribution is -2.20. The van der Waals surface area contributed by atoms with Gasteiger partial charge in [-0.3, -0.25) is 10.1 Å². The number of nitrogens with zero attached hydrogens (tertiary/aromatic N) is 2. The minimum atomic E-state index is -0.0521. The number of aromatic nitrogens is 2. The molecule has 0 aliphatic carbocycles. The number of carbonyl (C=O) groups is 1. The predicted octanol–water partition coefficient (Wildman–Crippen LogP) is 1.85. The van der Waals surface area contributed by atoms with E-state index in [1.165, 1.54) is 0 Å². The van der Waals surface area contributed by atoms with Gasteiger partial charge in [0.15, 0.2) is 0 Å². The van der Waals surface area contributed by atoms with Crippen LogP contribution in [0.5, 0.6) is 0 Å². The zero-order chi connectivity index (χ0) is 10.6. The van der Waals surface area contributed by atoms with E-state index in [2.05, 4.69) is 15.3 Å². The molecule has 1 N–H and O–H groups in total. The third kappa shape index (κ3) is 3.98. The van der Waals surface area contributed by atoms with E-state index in [9.17, 15) is 4.79 Å². The van der Waals surface area contributed by atoms with Gasteiger partial charge in [-0.2, -0.15) is 0 Å². The summed E-state index contributed by atoms with van der Waals surface area (Å²) in [5, 5.41) is 2.64. The van der Waals surface area contributed by atoms with Crippen LogP contribution in [0.3, 0.4) is 0 Å². The van der Waals surface area contributed by atoms with Crippen LogP contribution >= 0.6 is 0 Å². The summed E-state index contributed by atoms with van der Waals surface area (Å²) in [4.78, 5) is 19.2. The lowest BCUT2D eigenvalue weighted by atomic mass is 9.92. The van der Waals surface area contributed by atoms with Crippen molar-refractivity contribution in [3.63, 3.8) is 0 Å². The van der Waals surface area contributed by atoms with Crippen LogP contribution in [0.4, 0.5) is 5.95 Å². The van der Waals surface area contributed by atoms with Crippen LogP contribution < -0.4 is 5.32 Å². The van der Waals surface area contributed by atoms with Gasteiger partial charge in [-0.1, -0.05) is 20.8 Å². The van der Waals surface area contributed by atoms with Gasteiger partial charge >= 0.3 is 0 Å². The highest BCUT2D eigenvalue weighted by Gasteiger charge is 2.16. The van der Waals surface area contributed by atoms with Gasteiger partial charge in [-0.25, -0.2) is 9.97 Å². The van der Waals surface area contributed by atoms with Crippen molar-refractivity contribution < 1.29 is 4.79 Å². The van der Waals surface area contributed by atoms with Crippen molar-refractivity contribution in [2.24, 2.45) is 5.41 Å². The fraction of sp³-hybridized carbons (Fsp3) is 0.500. The van der Waals surface area contributed by atoms with Crippen LogP contribution in [-0.2, 0) is 4.79 Å². The quantitative estimate of drug-likeness (QED) is 0.779. The van der Waals surface area contributed by atoms with Gasteiger partial charge in [0, 0.05) is 18.8 Å². The van der Waals surface area contributed by atoms with Crippen LogP contribution in [-0.4, -0.2) is 15.9 Å². The molecule has 1 aromatic heterocycles. The van der Waals surface area contributed by atoms with Gasteiger partial charge in [0.1, 0.15) is 0 Å². The molecule has 0 aliphatic rings. The van der Waals surface area contributed by atoms with Gasteiger partial charge in [-0.05, 0) is 11.5 Å². The summed E-state index contributed by atoms with van der Waals surface area (Å²) in [6.07, 6.45) is 3.66. The summed E-state index contributed by atoms with van der Waals surface area (Å²) in [5.74, 6) is 0.311. The maximum atomic E-state index is 11.4. The zero-order valence-electron chi connectivity index (χ0n) is 8.74. The second-order valence-corrected chi connectivity index (χ2v) is 4.36. The first-order valence-electron chi connectivity index (χ1n) is 4.54. The topological polar surface area (TPSA) is 54.9 Å². The van der Waals surface area contributed by atoms with Crippen molar-refractivity contribution in [1.29, 1.82) is 0 Å². The molecule has 1 heterocycles. The number of amides is 1. The molecule has 0 fully saturated rings. The van der Waals surface area contributed by atoms with Gasteiger partial charge in [0.05, 0.1) is 0 Å². The van der Waals surface area contributed by atoms with E-state index in [0.717, 1.165) is 0 Å². The van der Waals surface area contributed by atoms with Crippen LogP contribution in [0.25, 0.3) is 0 Å². The third-order valence-corrected chi connectivity index (χ3v) is 1.51. The highest BCUT2D eigenvalue weighted by atomic mass is 16.1. The molecule has 4 heteroatoms. The van der Waals surface area contributed by atoms with Crippen molar-refractivity contribution in [2.75, 3.05) is 5.32 Å². The number of nitrogens with one attached hydrogen (secondary N) is 1. The molecule has 4 nitrogen and oxygen atoms in total. The van der Waals surface area contributed by atoms with Crippen molar-refractivity contribution in [1.82, 2.24) is 9.97 Å². The first-order chi connectivity index (χ1) is 6.47. The van der Waals surface area contributed by atoms with Crippen molar-refractivity contribution in [3.05, 3.63) is 18.5 Å². The fourth-order valence-electron chi connectivity index (χ4n) is 1.01. The number of hydrogen-bond acceptors (Lipinski definition) is 3. The van der Waals surface area contributed by atoms with E-state index in [0.29, 0.717) is 12.4 Å². The van der Waals surface area contributed by atoms with E-state index in [-0.39, 0.29) is 11.3 Å². The average Bonchev–Trinajstić information content (AvgIpc) is 2.02. The van der Waals surface area contributed by atoms with Crippen LogP contribution in [0, 0.1) is 5.41 Å². The largest absolute Gasteiger partial charge is 0.295 e. The lowest BCUT2D eigenvalue weighted by Gasteiger charge is -2.16. The maximum Gasteiger partial charge on any atom is 0.229 e. The number of carbonyl (C=O) groups excluding carboxylic acids is 1. The molecular formula is C10H15N3O. The van der Waals surface area contributed by atoms with Gasteiger partial charge in [0.25, 0.3) is 0 Å². The third-order valence-electron chi connectivity index (χ3n) is 1.51. The Labute approximate surface area is 83.8 Å². The minimum Gasteiger partial charge on any atom is -0.295 e. The van der Waals surface area contributed by atoms with E-state index in [1.807, 2.05) is 20.8 Å². The summed E-state index contributed by atoms with van der Waals surface area (Å²) < 4.78 is 0. The summed E-state index contributed by atoms with van der Waals surface area (Å²) in [7, 11) is 0. The molecule has 0 unspecified atom stereocenters. The van der Waals surface area contributed by atoms with E-state index >= 15 is 0 Å². The number of rotatable bonds is 2. The molecule has 0 aromatic carbocycles. The van der Waals surface area contributed by atoms with Crippen molar-refractivity contribution in [3.8, 4) is 0 Å². The predicted molar refractivity (Wildman–Crippen MR) is 54.7 cm³/mol. The molecule has 0 aliphatic heterocycles. The van der Waals surface area contributed by atoms with Gasteiger partial charge in [-0.15, -0.1) is 0 Å². The van der Waals surface area contributed by atoms with Gasteiger partial charge in [0.2, 0.25) is 11.9 Å². The Kier molecular flexibility index (Phi) is 3.17. The van der Waals surface area contributed by atoms with Gasteiger partial charge < -0.3 is 0 Å². The Hall–Kier alpha value is -1.45. The summed E-state index contributed by atoms with van der Waals surface area (Å²) in [5.41, 5.74) is -0.0150. The van der Waals surface area contributed by atoms with Crippen molar-refractivity contribution >= 4 is 11.9 Å². The molecule has 14 heavy (non-hydrogen) atoms. The highest BCUT2D eigenvalue weighted by molar-refractivity contribution is 5.89. The molecule has 1 rings (SSSR count). The smallest absolute Gasteiger partial charge is 0.229 e. The number of anilines is 1. The highest BCUT2D eigenvalue weighted by Crippen LogP contribution is 2.18. The Morgan fingerprint density at radius 2 is 1.93 bits per heavy atom. The molecule has 0 radical (unpaired) electrons. The zero-order valence-corrected chi connectivity index (χ0v) is 8.74. The molecule has 0 saturated carbocycles. The Bertz CT molecular complexity index is 303. The second kappa shape index (κ2) is 4.17. The van der Waals surface area contributed by atoms with Crippen molar-refractivity contribution in [2.45, 2.75) is 27.2 Å². The van der Waals surface area contributed by atoms with E-state index in [4.69, 9.17) is 0 Å². The summed E-state index contributed by atoms with van der Waals surface area (Å²) in [6, 6.07) is 1.71. The normalized spacial score (nSPS) is 11.1. The minimum absolute atomic E-state index is 0.0150. The Balaban J connectivity index is 2.50. The first kappa shape index (κ1) is 10.6. The van der Waals surface area contributed by atoms with Crippen LogP contribution in [0.2, 0.25) is 0 Å². The summed E-state index contributed by atoms with van der Waals surface area (Å²) in [6.45, 7) is 6.04. The molecule has 76 valence electrons. The molecule has 1 amide bonds. The first-order valence-corrected chi connectivity index (χ1v) is 4.54. The Morgan fingerprint density at radius 3 is 2.43 bits per heavy atom. The average molecular weight is 193 g/mol. The van der Waals surface area contributed by atoms with E-state index < -0.39 is 0 Å². The molecule has 0 spiro atoms. The lowest BCUT2D eigenvalue weighted by molar-refractivity contribution is -0.117. The number of hydrogen-bond donors (Lipinski definition) is 1. The molecule has 0 saturated heterocycles. The Morgan fingerprint density at radius 1 is 1.36 bits per heavy atom. The maximum absolute atomic E-state index is 11.4. The van der Waals surface area contributed by atoms with E-state index in [1.54, 1.807) is 18.5 Å².